The molecule has 1 atom stereocenters. The van der Waals surface area contributed by atoms with Crippen LogP contribution < -0.4 is 10.1 Å². The van der Waals surface area contributed by atoms with Crippen molar-refractivity contribution in [2.75, 3.05) is 19.4 Å². The van der Waals surface area contributed by atoms with Gasteiger partial charge in [-0.1, -0.05) is 12.1 Å². The van der Waals surface area contributed by atoms with Gasteiger partial charge in [-0.15, -0.1) is 11.8 Å². The van der Waals surface area contributed by atoms with E-state index >= 15 is 0 Å². The lowest BCUT2D eigenvalue weighted by Gasteiger charge is -2.23. The number of hydrogen-bond acceptors (Lipinski definition) is 3. The minimum absolute atomic E-state index is 0.467. The summed E-state index contributed by atoms with van der Waals surface area (Å²) in [7, 11) is 1.70. The highest BCUT2D eigenvalue weighted by molar-refractivity contribution is 7.99. The van der Waals surface area contributed by atoms with Crippen LogP contribution in [0.4, 0.5) is 0 Å². The molecule has 14 heavy (non-hydrogen) atoms. The Bertz CT molecular complexity index is 280. The molecule has 1 aromatic carbocycles. The minimum Gasteiger partial charge on any atom is -0.497 e. The van der Waals surface area contributed by atoms with Crippen molar-refractivity contribution in [3.63, 3.8) is 0 Å². The zero-order valence-electron chi connectivity index (χ0n) is 8.32. The van der Waals surface area contributed by atoms with E-state index < -0.39 is 0 Å². The van der Waals surface area contributed by atoms with Crippen LogP contribution in [-0.2, 0) is 0 Å². The number of thioether (sulfide) groups is 1. The van der Waals surface area contributed by atoms with Crippen molar-refractivity contribution < 1.29 is 4.74 Å². The SMILES string of the molecule is COc1ccc([C@H]2NCCCS2)cc1. The van der Waals surface area contributed by atoms with Gasteiger partial charge < -0.3 is 10.1 Å². The van der Waals surface area contributed by atoms with Crippen molar-refractivity contribution in [2.45, 2.75) is 11.8 Å². The fraction of sp³-hybridized carbons (Fsp3) is 0.455. The van der Waals surface area contributed by atoms with E-state index in [0.717, 1.165) is 12.3 Å². The molecule has 0 saturated carbocycles. The molecule has 1 heterocycles. The second-order valence-corrected chi connectivity index (χ2v) is 4.54. The first-order valence-electron chi connectivity index (χ1n) is 4.89. The molecule has 0 spiro atoms. The molecule has 76 valence electrons. The van der Waals surface area contributed by atoms with Crippen LogP contribution in [0.2, 0.25) is 0 Å². The molecular formula is C11H15NOS. The van der Waals surface area contributed by atoms with Crippen LogP contribution in [0.3, 0.4) is 0 Å². The van der Waals surface area contributed by atoms with Crippen molar-refractivity contribution in [2.24, 2.45) is 0 Å². The molecule has 0 aromatic heterocycles. The Balaban J connectivity index is 2.07. The van der Waals surface area contributed by atoms with Crippen molar-refractivity contribution in [3.8, 4) is 5.75 Å². The maximum atomic E-state index is 5.13. The summed E-state index contributed by atoms with van der Waals surface area (Å²) >= 11 is 1.98. The van der Waals surface area contributed by atoms with Gasteiger partial charge in [0, 0.05) is 0 Å². The molecule has 2 nitrogen and oxygen atoms in total. The number of ether oxygens (including phenoxy) is 1. The summed E-state index contributed by atoms with van der Waals surface area (Å²) in [6.45, 7) is 1.13. The highest BCUT2D eigenvalue weighted by Gasteiger charge is 2.14. The Morgan fingerprint density at radius 2 is 2.14 bits per heavy atom. The molecule has 0 aliphatic carbocycles. The highest BCUT2D eigenvalue weighted by Crippen LogP contribution is 2.30. The summed E-state index contributed by atoms with van der Waals surface area (Å²) < 4.78 is 5.13. The monoisotopic (exact) mass is 209 g/mol. The first-order valence-corrected chi connectivity index (χ1v) is 5.94. The van der Waals surface area contributed by atoms with Gasteiger partial charge in [-0.25, -0.2) is 0 Å². The third kappa shape index (κ3) is 2.22. The molecule has 1 aromatic rings. The van der Waals surface area contributed by atoms with Gasteiger partial charge in [0.15, 0.2) is 0 Å². The molecule has 3 heteroatoms. The summed E-state index contributed by atoms with van der Waals surface area (Å²) in [6.07, 6.45) is 1.28. The van der Waals surface area contributed by atoms with Gasteiger partial charge in [0.25, 0.3) is 0 Å². The molecule has 1 aliphatic rings. The second kappa shape index (κ2) is 4.71. The van der Waals surface area contributed by atoms with Crippen molar-refractivity contribution >= 4 is 11.8 Å². The van der Waals surface area contributed by atoms with E-state index in [1.807, 2.05) is 23.9 Å². The molecule has 0 radical (unpaired) electrons. The highest BCUT2D eigenvalue weighted by atomic mass is 32.2. The lowest BCUT2D eigenvalue weighted by atomic mass is 10.2. The standard InChI is InChI=1S/C11H15NOS/c1-13-10-5-3-9(4-6-10)11-12-7-2-8-14-11/h3-6,11-12H,2,7-8H2,1H3/t11-/m0/s1. The van der Waals surface area contributed by atoms with Crippen molar-refractivity contribution in [3.05, 3.63) is 29.8 Å². The summed E-state index contributed by atoms with van der Waals surface area (Å²) in [5.41, 5.74) is 1.34. The van der Waals surface area contributed by atoms with Gasteiger partial charge in [-0.05, 0) is 36.4 Å². The van der Waals surface area contributed by atoms with E-state index in [2.05, 4.69) is 17.4 Å². The predicted octanol–water partition coefficient (Wildman–Crippen LogP) is 2.42. The second-order valence-electron chi connectivity index (χ2n) is 3.33. The van der Waals surface area contributed by atoms with Gasteiger partial charge in [0.05, 0.1) is 12.5 Å². The normalized spacial score (nSPS) is 21.9. The van der Waals surface area contributed by atoms with Crippen LogP contribution in [0.1, 0.15) is 17.4 Å². The minimum atomic E-state index is 0.467. The molecule has 2 rings (SSSR count). The Morgan fingerprint density at radius 1 is 1.36 bits per heavy atom. The maximum absolute atomic E-state index is 5.13. The molecular weight excluding hydrogens is 194 g/mol. The quantitative estimate of drug-likeness (QED) is 0.808. The van der Waals surface area contributed by atoms with Gasteiger partial charge in [-0.2, -0.15) is 0 Å². The van der Waals surface area contributed by atoms with Gasteiger partial charge in [0.1, 0.15) is 5.75 Å². The molecule has 1 saturated heterocycles. The first-order chi connectivity index (χ1) is 6.90. The molecule has 1 fully saturated rings. The number of hydrogen-bond donors (Lipinski definition) is 1. The largest absolute Gasteiger partial charge is 0.497 e. The summed E-state index contributed by atoms with van der Waals surface area (Å²) in [6, 6.07) is 8.31. The van der Waals surface area contributed by atoms with E-state index in [1.165, 1.54) is 17.7 Å². The zero-order chi connectivity index (χ0) is 9.80. The lowest BCUT2D eigenvalue weighted by Crippen LogP contribution is -2.25. The number of benzene rings is 1. The van der Waals surface area contributed by atoms with Crippen molar-refractivity contribution in [1.82, 2.24) is 5.32 Å². The molecule has 0 amide bonds. The topological polar surface area (TPSA) is 21.3 Å². The average Bonchev–Trinajstić information content (AvgIpc) is 2.30. The fourth-order valence-electron chi connectivity index (χ4n) is 1.56. The van der Waals surface area contributed by atoms with Gasteiger partial charge in [0.2, 0.25) is 0 Å². The zero-order valence-corrected chi connectivity index (χ0v) is 9.14. The Kier molecular flexibility index (Phi) is 3.32. The van der Waals surface area contributed by atoms with E-state index in [1.54, 1.807) is 7.11 Å². The lowest BCUT2D eigenvalue weighted by molar-refractivity contribution is 0.414. The third-order valence-corrected chi connectivity index (χ3v) is 3.65. The predicted molar refractivity (Wildman–Crippen MR) is 60.8 cm³/mol. The van der Waals surface area contributed by atoms with Gasteiger partial charge >= 0.3 is 0 Å². The van der Waals surface area contributed by atoms with Crippen LogP contribution in [0.5, 0.6) is 5.75 Å². The van der Waals surface area contributed by atoms with E-state index in [-0.39, 0.29) is 0 Å². The Morgan fingerprint density at radius 3 is 2.71 bits per heavy atom. The van der Waals surface area contributed by atoms with Crippen LogP contribution in [-0.4, -0.2) is 19.4 Å². The number of nitrogens with one attached hydrogen (secondary N) is 1. The Hall–Kier alpha value is -0.670. The third-order valence-electron chi connectivity index (χ3n) is 2.35. The summed E-state index contributed by atoms with van der Waals surface area (Å²) in [5.74, 6) is 2.18. The van der Waals surface area contributed by atoms with Crippen LogP contribution in [0.25, 0.3) is 0 Å². The maximum Gasteiger partial charge on any atom is 0.118 e. The summed E-state index contributed by atoms with van der Waals surface area (Å²) in [4.78, 5) is 0. The van der Waals surface area contributed by atoms with Gasteiger partial charge in [-0.3, -0.25) is 0 Å². The van der Waals surface area contributed by atoms with Crippen LogP contribution in [0.15, 0.2) is 24.3 Å². The van der Waals surface area contributed by atoms with Crippen LogP contribution >= 0.6 is 11.8 Å². The molecule has 0 unspecified atom stereocenters. The molecule has 0 bridgehead atoms. The van der Waals surface area contributed by atoms with E-state index in [4.69, 9.17) is 4.74 Å². The fourth-order valence-corrected chi connectivity index (χ4v) is 2.69. The van der Waals surface area contributed by atoms with E-state index in [0.29, 0.717) is 5.37 Å². The van der Waals surface area contributed by atoms with Crippen LogP contribution in [0, 0.1) is 0 Å². The molecule has 1 N–H and O–H groups in total. The summed E-state index contributed by atoms with van der Waals surface area (Å²) in [5, 5.41) is 3.96. The van der Waals surface area contributed by atoms with Crippen molar-refractivity contribution in [1.29, 1.82) is 0 Å². The smallest absolute Gasteiger partial charge is 0.118 e. The molecule has 1 aliphatic heterocycles. The number of methoxy groups -OCH3 is 1. The first kappa shape index (κ1) is 9.87. The average molecular weight is 209 g/mol. The number of rotatable bonds is 2. The Labute approximate surface area is 89.0 Å². The van der Waals surface area contributed by atoms with E-state index in [9.17, 15) is 0 Å².